The van der Waals surface area contributed by atoms with Gasteiger partial charge in [-0.05, 0) is 18.2 Å². The lowest BCUT2D eigenvalue weighted by Gasteiger charge is -2.07. The van der Waals surface area contributed by atoms with Crippen molar-refractivity contribution in [3.05, 3.63) is 29.3 Å². The van der Waals surface area contributed by atoms with Gasteiger partial charge in [0.1, 0.15) is 6.61 Å². The summed E-state index contributed by atoms with van der Waals surface area (Å²) in [6, 6.07) is 6.78. The summed E-state index contributed by atoms with van der Waals surface area (Å²) < 4.78 is 28.1. The molecule has 0 atom stereocenters. The average Bonchev–Trinajstić information content (AvgIpc) is 2.33. The molecule has 1 aromatic rings. The maximum Gasteiger partial charge on any atom is 0.261 e. The van der Waals surface area contributed by atoms with Crippen molar-refractivity contribution in [1.29, 1.82) is 0 Å². The van der Waals surface area contributed by atoms with Crippen LogP contribution in [0.3, 0.4) is 0 Å². The monoisotopic (exact) mass is 292 g/mol. The molecule has 1 amide bonds. The topological polar surface area (TPSA) is 50.4 Å². The Morgan fingerprint density at radius 1 is 1.42 bits per heavy atom. The van der Waals surface area contributed by atoms with Crippen molar-refractivity contribution in [1.82, 2.24) is 5.32 Å². The molecule has 1 rings (SSSR count). The number of alkyl halides is 2. The first kappa shape index (κ1) is 15.8. The van der Waals surface area contributed by atoms with Gasteiger partial charge in [0.25, 0.3) is 6.43 Å². The van der Waals surface area contributed by atoms with Crippen LogP contribution in [0.4, 0.5) is 14.5 Å². The van der Waals surface area contributed by atoms with E-state index >= 15 is 0 Å². The third-order valence-electron chi connectivity index (χ3n) is 2.06. The summed E-state index contributed by atoms with van der Waals surface area (Å²) >= 11 is 5.77. The molecule has 4 nitrogen and oxygen atoms in total. The maximum absolute atomic E-state index is 11.7. The van der Waals surface area contributed by atoms with Gasteiger partial charge in [-0.3, -0.25) is 4.79 Å². The number of hydrogen-bond acceptors (Lipinski definition) is 3. The van der Waals surface area contributed by atoms with Gasteiger partial charge in [-0.2, -0.15) is 0 Å². The largest absolute Gasteiger partial charge is 0.374 e. The smallest absolute Gasteiger partial charge is 0.261 e. The van der Waals surface area contributed by atoms with Crippen molar-refractivity contribution in [2.45, 2.75) is 6.43 Å². The number of anilines is 1. The molecule has 0 heterocycles. The first-order chi connectivity index (χ1) is 9.08. The van der Waals surface area contributed by atoms with Gasteiger partial charge in [0.15, 0.2) is 0 Å². The first-order valence-electron chi connectivity index (χ1n) is 5.70. The van der Waals surface area contributed by atoms with E-state index in [0.717, 1.165) is 0 Å². The highest BCUT2D eigenvalue weighted by Crippen LogP contribution is 2.14. The van der Waals surface area contributed by atoms with Crippen LogP contribution in [-0.4, -0.2) is 38.6 Å². The number of carbonyl (C=O) groups excluding carboxylic acids is 1. The molecule has 0 aliphatic carbocycles. The van der Waals surface area contributed by atoms with E-state index in [-0.39, 0.29) is 19.1 Å². The van der Waals surface area contributed by atoms with Crippen molar-refractivity contribution in [2.75, 3.05) is 31.6 Å². The SMILES string of the molecule is O=C(CNCCOCC(F)F)Nc1cccc(Cl)c1. The molecule has 0 aliphatic heterocycles. The number of rotatable bonds is 8. The standard InChI is InChI=1S/C12H15ClF2N2O2/c13-9-2-1-3-10(6-9)17-12(18)7-16-4-5-19-8-11(14)15/h1-3,6,11,16H,4-5,7-8H2,(H,17,18). The van der Waals surface area contributed by atoms with Crippen LogP contribution in [0.25, 0.3) is 0 Å². The second kappa shape index (κ2) is 8.79. The van der Waals surface area contributed by atoms with Crippen LogP contribution in [0.1, 0.15) is 0 Å². The minimum absolute atomic E-state index is 0.0740. The molecule has 106 valence electrons. The summed E-state index contributed by atoms with van der Waals surface area (Å²) in [4.78, 5) is 11.5. The summed E-state index contributed by atoms with van der Waals surface area (Å²) in [6.07, 6.45) is -2.47. The fourth-order valence-corrected chi connectivity index (χ4v) is 1.48. The molecule has 2 N–H and O–H groups in total. The minimum Gasteiger partial charge on any atom is -0.374 e. The fourth-order valence-electron chi connectivity index (χ4n) is 1.29. The highest BCUT2D eigenvalue weighted by atomic mass is 35.5. The van der Waals surface area contributed by atoms with E-state index in [4.69, 9.17) is 11.6 Å². The minimum atomic E-state index is -2.47. The first-order valence-corrected chi connectivity index (χ1v) is 6.08. The fraction of sp³-hybridized carbons (Fsp3) is 0.417. The number of hydrogen-bond donors (Lipinski definition) is 2. The van der Waals surface area contributed by atoms with Crippen LogP contribution in [0.2, 0.25) is 5.02 Å². The van der Waals surface area contributed by atoms with E-state index < -0.39 is 13.0 Å². The predicted octanol–water partition coefficient (Wildman–Crippen LogP) is 2.15. The third kappa shape index (κ3) is 7.71. The molecular formula is C12H15ClF2N2O2. The molecule has 0 radical (unpaired) electrons. The lowest BCUT2D eigenvalue weighted by atomic mass is 10.3. The van der Waals surface area contributed by atoms with Crippen LogP contribution in [-0.2, 0) is 9.53 Å². The Labute approximate surface area is 115 Å². The van der Waals surface area contributed by atoms with Crippen LogP contribution >= 0.6 is 11.6 Å². The van der Waals surface area contributed by atoms with E-state index in [1.807, 2.05) is 0 Å². The average molecular weight is 293 g/mol. The van der Waals surface area contributed by atoms with Crippen molar-refractivity contribution in [3.8, 4) is 0 Å². The van der Waals surface area contributed by atoms with Gasteiger partial charge in [0.2, 0.25) is 5.91 Å². The molecule has 0 unspecified atom stereocenters. The third-order valence-corrected chi connectivity index (χ3v) is 2.30. The van der Waals surface area contributed by atoms with Crippen LogP contribution < -0.4 is 10.6 Å². The lowest BCUT2D eigenvalue weighted by molar-refractivity contribution is -0.115. The Bertz CT molecular complexity index is 405. The number of benzene rings is 1. The molecule has 0 saturated heterocycles. The van der Waals surface area contributed by atoms with Crippen molar-refractivity contribution >= 4 is 23.2 Å². The van der Waals surface area contributed by atoms with E-state index in [2.05, 4.69) is 15.4 Å². The Balaban J connectivity index is 2.11. The van der Waals surface area contributed by atoms with E-state index in [1.54, 1.807) is 24.3 Å². The van der Waals surface area contributed by atoms with Gasteiger partial charge in [-0.15, -0.1) is 0 Å². The molecule has 0 aromatic heterocycles. The summed E-state index contributed by atoms with van der Waals surface area (Å²) in [5.74, 6) is -0.240. The zero-order valence-electron chi connectivity index (χ0n) is 10.2. The van der Waals surface area contributed by atoms with E-state index in [1.165, 1.54) is 0 Å². The van der Waals surface area contributed by atoms with Gasteiger partial charge < -0.3 is 15.4 Å². The Hall–Kier alpha value is -1.24. The van der Waals surface area contributed by atoms with Gasteiger partial charge in [0.05, 0.1) is 13.2 Å². The lowest BCUT2D eigenvalue weighted by Crippen LogP contribution is -2.30. The zero-order valence-corrected chi connectivity index (χ0v) is 10.9. The highest BCUT2D eigenvalue weighted by molar-refractivity contribution is 6.30. The van der Waals surface area contributed by atoms with Gasteiger partial charge in [0, 0.05) is 17.3 Å². The summed E-state index contributed by atoms with van der Waals surface area (Å²) in [5, 5.41) is 5.96. The van der Waals surface area contributed by atoms with Crippen molar-refractivity contribution in [3.63, 3.8) is 0 Å². The molecule has 1 aromatic carbocycles. The Kier molecular flexibility index (Phi) is 7.32. The zero-order chi connectivity index (χ0) is 14.1. The maximum atomic E-state index is 11.7. The number of carbonyl (C=O) groups is 1. The number of nitrogens with one attached hydrogen (secondary N) is 2. The van der Waals surface area contributed by atoms with Gasteiger partial charge >= 0.3 is 0 Å². The number of halogens is 3. The number of ether oxygens (including phenoxy) is 1. The molecule has 0 bridgehead atoms. The summed E-state index contributed by atoms with van der Waals surface area (Å²) in [6.45, 7) is -0.0502. The molecule has 0 saturated carbocycles. The molecule has 0 aliphatic rings. The molecule has 19 heavy (non-hydrogen) atoms. The highest BCUT2D eigenvalue weighted by Gasteiger charge is 2.03. The molecular weight excluding hydrogens is 278 g/mol. The summed E-state index contributed by atoms with van der Waals surface area (Å²) in [5.41, 5.74) is 0.605. The van der Waals surface area contributed by atoms with Crippen LogP contribution in [0, 0.1) is 0 Å². The van der Waals surface area contributed by atoms with E-state index in [0.29, 0.717) is 17.3 Å². The van der Waals surface area contributed by atoms with Gasteiger partial charge in [-0.25, -0.2) is 8.78 Å². The summed E-state index contributed by atoms with van der Waals surface area (Å²) in [7, 11) is 0. The van der Waals surface area contributed by atoms with Crippen molar-refractivity contribution in [2.24, 2.45) is 0 Å². The van der Waals surface area contributed by atoms with Gasteiger partial charge in [-0.1, -0.05) is 17.7 Å². The van der Waals surface area contributed by atoms with E-state index in [9.17, 15) is 13.6 Å². The van der Waals surface area contributed by atoms with Crippen LogP contribution in [0.5, 0.6) is 0 Å². The predicted molar refractivity (Wildman–Crippen MR) is 69.8 cm³/mol. The number of amides is 1. The second-order valence-corrected chi connectivity index (χ2v) is 4.14. The Morgan fingerprint density at radius 2 is 2.21 bits per heavy atom. The molecule has 7 heteroatoms. The Morgan fingerprint density at radius 3 is 2.89 bits per heavy atom. The molecule has 0 fully saturated rings. The second-order valence-electron chi connectivity index (χ2n) is 3.70. The van der Waals surface area contributed by atoms with Crippen LogP contribution in [0.15, 0.2) is 24.3 Å². The quantitative estimate of drug-likeness (QED) is 0.722. The normalized spacial score (nSPS) is 10.7. The molecule has 0 spiro atoms. The van der Waals surface area contributed by atoms with Crippen molar-refractivity contribution < 1.29 is 18.3 Å².